The summed E-state index contributed by atoms with van der Waals surface area (Å²) < 4.78 is 11.5. The maximum Gasteiger partial charge on any atom is 0.119 e. The van der Waals surface area contributed by atoms with Crippen LogP contribution in [0.4, 0.5) is 0 Å². The molecule has 1 heterocycles. The summed E-state index contributed by atoms with van der Waals surface area (Å²) in [6.07, 6.45) is 1.77. The molecule has 0 unspecified atom stereocenters. The lowest BCUT2D eigenvalue weighted by molar-refractivity contribution is -0.0895. The van der Waals surface area contributed by atoms with Crippen LogP contribution in [0.15, 0.2) is 42.5 Å². The molecule has 1 aliphatic heterocycles. The van der Waals surface area contributed by atoms with E-state index in [1.165, 1.54) is 5.56 Å². The molecule has 25 heavy (non-hydrogen) atoms. The number of hydrogen-bond acceptors (Lipinski definition) is 3. The lowest BCUT2D eigenvalue weighted by Crippen LogP contribution is -2.29. The van der Waals surface area contributed by atoms with Crippen LogP contribution in [0.5, 0.6) is 5.75 Å². The predicted molar refractivity (Wildman–Crippen MR) is 100 cm³/mol. The molecule has 0 radical (unpaired) electrons. The first-order chi connectivity index (χ1) is 12.0. The first-order valence-electron chi connectivity index (χ1n) is 8.88. The van der Waals surface area contributed by atoms with Crippen LogP contribution in [-0.2, 0) is 11.2 Å². The first-order valence-corrected chi connectivity index (χ1v) is 9.26. The minimum Gasteiger partial charge on any atom is -0.494 e. The summed E-state index contributed by atoms with van der Waals surface area (Å²) in [5, 5.41) is 10.8. The Balaban J connectivity index is 1.77. The molecule has 0 saturated carbocycles. The maximum atomic E-state index is 10.0. The molecule has 0 aromatic heterocycles. The highest BCUT2D eigenvalue weighted by molar-refractivity contribution is 6.31. The van der Waals surface area contributed by atoms with Gasteiger partial charge < -0.3 is 14.6 Å². The summed E-state index contributed by atoms with van der Waals surface area (Å²) in [5.74, 6) is 0.879. The fourth-order valence-corrected chi connectivity index (χ4v) is 3.54. The van der Waals surface area contributed by atoms with Crippen LogP contribution in [0, 0.1) is 0 Å². The highest BCUT2D eigenvalue weighted by Gasteiger charge is 2.27. The molecule has 2 aromatic rings. The lowest BCUT2D eigenvalue weighted by atomic mass is 9.94. The van der Waals surface area contributed by atoms with Crippen molar-refractivity contribution < 1.29 is 14.6 Å². The van der Waals surface area contributed by atoms with Crippen molar-refractivity contribution in [3.05, 3.63) is 64.2 Å². The quantitative estimate of drug-likeness (QED) is 0.821. The molecule has 3 rings (SSSR count). The van der Waals surface area contributed by atoms with Gasteiger partial charge >= 0.3 is 0 Å². The number of aliphatic hydroxyl groups excluding tert-OH is 1. The summed E-state index contributed by atoms with van der Waals surface area (Å²) in [7, 11) is 0. The number of benzene rings is 2. The topological polar surface area (TPSA) is 38.7 Å². The van der Waals surface area contributed by atoms with Crippen molar-refractivity contribution >= 4 is 11.6 Å². The van der Waals surface area contributed by atoms with Crippen LogP contribution >= 0.6 is 11.6 Å². The van der Waals surface area contributed by atoms with Crippen molar-refractivity contribution in [2.75, 3.05) is 6.61 Å². The lowest BCUT2D eigenvalue weighted by Gasteiger charge is -2.31. The molecule has 4 heteroatoms. The molecule has 134 valence electrons. The van der Waals surface area contributed by atoms with Gasteiger partial charge in [0.05, 0.1) is 24.9 Å². The molecule has 1 saturated heterocycles. The molecule has 3 atom stereocenters. The second kappa shape index (κ2) is 8.22. The van der Waals surface area contributed by atoms with E-state index in [1.807, 2.05) is 38.1 Å². The molecule has 0 aliphatic carbocycles. The Labute approximate surface area is 154 Å². The minimum atomic E-state index is -0.306. The van der Waals surface area contributed by atoms with E-state index in [9.17, 15) is 5.11 Å². The van der Waals surface area contributed by atoms with Crippen molar-refractivity contribution in [1.29, 1.82) is 0 Å². The van der Waals surface area contributed by atoms with E-state index in [1.54, 1.807) is 0 Å². The van der Waals surface area contributed by atoms with Crippen LogP contribution in [0.3, 0.4) is 0 Å². The van der Waals surface area contributed by atoms with E-state index in [-0.39, 0.29) is 18.3 Å². The second-order valence-corrected chi connectivity index (χ2v) is 7.07. The van der Waals surface area contributed by atoms with Crippen LogP contribution in [0.1, 0.15) is 49.5 Å². The van der Waals surface area contributed by atoms with E-state index in [4.69, 9.17) is 21.1 Å². The molecule has 1 fully saturated rings. The van der Waals surface area contributed by atoms with Crippen molar-refractivity contribution in [2.24, 2.45) is 0 Å². The highest BCUT2D eigenvalue weighted by Crippen LogP contribution is 2.33. The average Bonchev–Trinajstić information content (AvgIpc) is 2.58. The highest BCUT2D eigenvalue weighted by atomic mass is 35.5. The van der Waals surface area contributed by atoms with E-state index >= 15 is 0 Å². The van der Waals surface area contributed by atoms with Gasteiger partial charge in [0.15, 0.2) is 0 Å². The molecule has 0 amide bonds. The van der Waals surface area contributed by atoms with E-state index in [0.717, 1.165) is 28.3 Å². The fourth-order valence-electron chi connectivity index (χ4n) is 3.35. The van der Waals surface area contributed by atoms with E-state index in [2.05, 4.69) is 18.2 Å². The Kier molecular flexibility index (Phi) is 6.00. The van der Waals surface area contributed by atoms with Gasteiger partial charge in [-0.15, -0.1) is 0 Å². The molecule has 1 aliphatic rings. The summed E-state index contributed by atoms with van der Waals surface area (Å²) in [4.78, 5) is 0. The van der Waals surface area contributed by atoms with Gasteiger partial charge in [-0.2, -0.15) is 0 Å². The largest absolute Gasteiger partial charge is 0.494 e. The summed E-state index contributed by atoms with van der Waals surface area (Å²) in [6.45, 7) is 4.65. The van der Waals surface area contributed by atoms with Gasteiger partial charge in [-0.3, -0.25) is 0 Å². The van der Waals surface area contributed by atoms with Gasteiger partial charge in [0, 0.05) is 11.4 Å². The van der Waals surface area contributed by atoms with Crippen molar-refractivity contribution in [1.82, 2.24) is 0 Å². The van der Waals surface area contributed by atoms with Crippen molar-refractivity contribution in [2.45, 2.75) is 51.4 Å². The third kappa shape index (κ3) is 4.75. The third-order valence-corrected chi connectivity index (χ3v) is 4.93. The fraction of sp³-hybridized carbons (Fsp3) is 0.429. The molecule has 2 aromatic carbocycles. The summed E-state index contributed by atoms with van der Waals surface area (Å²) in [5.41, 5.74) is 3.33. The van der Waals surface area contributed by atoms with Gasteiger partial charge in [-0.1, -0.05) is 35.9 Å². The van der Waals surface area contributed by atoms with Gasteiger partial charge in [0.1, 0.15) is 5.75 Å². The van der Waals surface area contributed by atoms with Gasteiger partial charge in [-0.25, -0.2) is 0 Å². The number of rotatable bonds is 5. The SMILES string of the molecule is CCOc1ccc(Cc2cc([C@H]3C[C@@H](O)C[C@@H](C)O3)ccc2Cl)cc1. The zero-order valence-corrected chi connectivity index (χ0v) is 15.5. The Morgan fingerprint density at radius 2 is 1.92 bits per heavy atom. The molecular formula is C21H25ClO3. The minimum absolute atomic E-state index is 0.0685. The monoisotopic (exact) mass is 360 g/mol. The Morgan fingerprint density at radius 3 is 2.60 bits per heavy atom. The average molecular weight is 361 g/mol. The number of halogens is 1. The standard InChI is InChI=1S/C21H25ClO3/c1-3-24-19-7-4-15(5-8-19)11-17-12-16(6-9-20(17)22)21-13-18(23)10-14(2)25-21/h4-9,12,14,18,21,23H,3,10-11,13H2,1-2H3/t14-,18+,21-/m1/s1. The van der Waals surface area contributed by atoms with Crippen LogP contribution in [0.25, 0.3) is 0 Å². The zero-order valence-electron chi connectivity index (χ0n) is 14.7. The normalized spacial score (nSPS) is 23.4. The summed E-state index contributed by atoms with van der Waals surface area (Å²) in [6, 6.07) is 14.1. The Hall–Kier alpha value is -1.55. The number of hydrogen-bond donors (Lipinski definition) is 1. The zero-order chi connectivity index (χ0) is 17.8. The van der Waals surface area contributed by atoms with Gasteiger partial charge in [0.25, 0.3) is 0 Å². The molecule has 3 nitrogen and oxygen atoms in total. The third-order valence-electron chi connectivity index (χ3n) is 4.56. The van der Waals surface area contributed by atoms with E-state index < -0.39 is 0 Å². The smallest absolute Gasteiger partial charge is 0.119 e. The Bertz CT molecular complexity index is 689. The first kappa shape index (κ1) is 18.2. The van der Waals surface area contributed by atoms with E-state index in [0.29, 0.717) is 19.4 Å². The predicted octanol–water partition coefficient (Wildman–Crippen LogP) is 4.93. The number of ether oxygens (including phenoxy) is 2. The van der Waals surface area contributed by atoms with Crippen LogP contribution < -0.4 is 4.74 Å². The van der Waals surface area contributed by atoms with Crippen LogP contribution in [0.2, 0.25) is 5.02 Å². The Morgan fingerprint density at radius 1 is 1.16 bits per heavy atom. The van der Waals surface area contributed by atoms with Gasteiger partial charge in [-0.05, 0) is 61.6 Å². The molecule has 0 bridgehead atoms. The van der Waals surface area contributed by atoms with Gasteiger partial charge in [0.2, 0.25) is 0 Å². The number of aliphatic hydroxyl groups is 1. The molecule has 1 N–H and O–H groups in total. The summed E-state index contributed by atoms with van der Waals surface area (Å²) >= 11 is 6.41. The molecular weight excluding hydrogens is 336 g/mol. The molecule has 0 spiro atoms. The maximum absolute atomic E-state index is 10.0. The van der Waals surface area contributed by atoms with Crippen LogP contribution in [-0.4, -0.2) is 23.9 Å². The van der Waals surface area contributed by atoms with Crippen molar-refractivity contribution in [3.8, 4) is 5.75 Å². The van der Waals surface area contributed by atoms with Crippen molar-refractivity contribution in [3.63, 3.8) is 0 Å². The second-order valence-electron chi connectivity index (χ2n) is 6.67.